The summed E-state index contributed by atoms with van der Waals surface area (Å²) in [6.45, 7) is 1.27. The second-order valence-corrected chi connectivity index (χ2v) is 7.25. The van der Waals surface area contributed by atoms with Crippen LogP contribution in [0.25, 0.3) is 0 Å². The molecule has 11 nitrogen and oxygen atoms in total. The average Bonchev–Trinajstić information content (AvgIpc) is 3.14. The van der Waals surface area contributed by atoms with Gasteiger partial charge in [0.1, 0.15) is 0 Å². The summed E-state index contributed by atoms with van der Waals surface area (Å²) in [6.07, 6.45) is 1.40. The molecule has 0 radical (unpaired) electrons. The molecule has 4 rings (SSSR count). The Labute approximate surface area is 172 Å². The van der Waals surface area contributed by atoms with E-state index in [4.69, 9.17) is 0 Å². The summed E-state index contributed by atoms with van der Waals surface area (Å²) in [5, 5.41) is 5.64. The molecule has 1 aromatic rings. The molecule has 3 aliphatic heterocycles. The number of aliphatic imine (C=N–C) groups is 1. The Morgan fingerprint density at radius 3 is 2.77 bits per heavy atom. The number of hydrogen-bond donors (Lipinski definition) is 2. The zero-order valence-corrected chi connectivity index (χ0v) is 16.7. The number of urea groups is 1. The minimum atomic E-state index is -0.815. The minimum Gasteiger partial charge on any atom is -0.359 e. The second-order valence-electron chi connectivity index (χ2n) is 7.25. The first-order valence-electron chi connectivity index (χ1n) is 9.49. The number of fused-ring (bicyclic) bond motifs is 1. The second kappa shape index (κ2) is 7.58. The Morgan fingerprint density at radius 2 is 2.00 bits per heavy atom. The molecule has 5 amide bonds. The van der Waals surface area contributed by atoms with Gasteiger partial charge < -0.3 is 15.5 Å². The third-order valence-corrected chi connectivity index (χ3v) is 5.28. The van der Waals surface area contributed by atoms with E-state index in [1.807, 2.05) is 17.0 Å². The number of rotatable bonds is 4. The smallest absolute Gasteiger partial charge is 0.333 e. The van der Waals surface area contributed by atoms with E-state index in [1.54, 1.807) is 19.2 Å². The van der Waals surface area contributed by atoms with Crippen molar-refractivity contribution in [1.82, 2.24) is 15.1 Å². The van der Waals surface area contributed by atoms with Gasteiger partial charge in [0.05, 0.1) is 17.9 Å². The Balaban J connectivity index is 1.47. The van der Waals surface area contributed by atoms with Gasteiger partial charge in [-0.1, -0.05) is 12.1 Å². The third kappa shape index (κ3) is 3.38. The van der Waals surface area contributed by atoms with E-state index in [-0.39, 0.29) is 24.9 Å². The maximum atomic E-state index is 12.7. The van der Waals surface area contributed by atoms with Gasteiger partial charge in [-0.05, 0) is 17.1 Å². The summed E-state index contributed by atoms with van der Waals surface area (Å²) >= 11 is 0. The van der Waals surface area contributed by atoms with Crippen LogP contribution >= 0.6 is 0 Å². The van der Waals surface area contributed by atoms with Crippen LogP contribution in [-0.2, 0) is 14.4 Å². The van der Waals surface area contributed by atoms with E-state index in [9.17, 15) is 19.2 Å². The molecule has 0 saturated carbocycles. The number of benzene rings is 1. The molecule has 3 aliphatic rings. The highest BCUT2D eigenvalue weighted by Crippen LogP contribution is 2.26. The SMILES string of the molecule is CN1C(=O)C2C(=NC=[N+]2CC(=O)Nc2ccccc2N2CCNC(=O)C2)N(C)C1=O. The van der Waals surface area contributed by atoms with E-state index in [0.717, 1.165) is 10.6 Å². The van der Waals surface area contributed by atoms with Crippen molar-refractivity contribution >= 4 is 47.3 Å². The maximum absolute atomic E-state index is 12.7. The zero-order valence-electron chi connectivity index (χ0n) is 16.7. The summed E-state index contributed by atoms with van der Waals surface area (Å²) in [5.74, 6) is -0.544. The number of carbonyl (C=O) groups excluding carboxylic acids is 4. The Morgan fingerprint density at radius 1 is 1.23 bits per heavy atom. The predicted molar refractivity (Wildman–Crippen MR) is 109 cm³/mol. The standard InChI is InChI=1S/C19H21N7O4/c1-23-17-16(18(29)24(2)19(23)30)26(11-21-17)10-15(28)22-12-5-3-4-6-13(12)25-8-7-20-14(27)9-25/h3-6,11,16H,7-10H2,1-2H3,(H-,20,22,27,28)/p+1. The highest BCUT2D eigenvalue weighted by Gasteiger charge is 2.50. The van der Waals surface area contributed by atoms with Crippen LogP contribution in [-0.4, -0.2) is 96.6 Å². The highest BCUT2D eigenvalue weighted by atomic mass is 16.2. The fourth-order valence-corrected chi connectivity index (χ4v) is 3.73. The number of hydrogen-bond acceptors (Lipinski definition) is 6. The average molecular weight is 412 g/mol. The molecule has 156 valence electrons. The lowest BCUT2D eigenvalue weighted by Gasteiger charge is -2.31. The van der Waals surface area contributed by atoms with Gasteiger partial charge in [-0.25, -0.2) is 9.37 Å². The van der Waals surface area contributed by atoms with Crippen molar-refractivity contribution < 1.29 is 23.8 Å². The number of piperazine rings is 1. The van der Waals surface area contributed by atoms with E-state index in [1.165, 1.54) is 22.9 Å². The summed E-state index contributed by atoms with van der Waals surface area (Å²) in [6, 6.07) is 5.97. The van der Waals surface area contributed by atoms with Gasteiger partial charge in [0.2, 0.25) is 5.91 Å². The van der Waals surface area contributed by atoms with Gasteiger partial charge >= 0.3 is 6.03 Å². The molecular formula is C19H22N7O4+. The Hall–Kier alpha value is -3.76. The predicted octanol–water partition coefficient (Wildman–Crippen LogP) is -1.09. The molecule has 0 bridgehead atoms. The van der Waals surface area contributed by atoms with Gasteiger partial charge in [0.15, 0.2) is 6.54 Å². The fourth-order valence-electron chi connectivity index (χ4n) is 3.73. The van der Waals surface area contributed by atoms with Crippen LogP contribution in [0.15, 0.2) is 29.3 Å². The van der Waals surface area contributed by atoms with Gasteiger partial charge in [-0.3, -0.25) is 24.2 Å². The summed E-state index contributed by atoms with van der Waals surface area (Å²) < 4.78 is 1.50. The first kappa shape index (κ1) is 19.6. The van der Waals surface area contributed by atoms with E-state index >= 15 is 0 Å². The Kier molecular flexibility index (Phi) is 4.94. The van der Waals surface area contributed by atoms with E-state index in [2.05, 4.69) is 15.6 Å². The fraction of sp³-hybridized carbons (Fsp3) is 0.368. The van der Waals surface area contributed by atoms with Gasteiger partial charge in [0.25, 0.3) is 30.0 Å². The molecule has 2 fully saturated rings. The lowest BCUT2D eigenvalue weighted by molar-refractivity contribution is -0.519. The number of nitrogens with zero attached hydrogens (tertiary/aromatic N) is 5. The summed E-state index contributed by atoms with van der Waals surface area (Å²) in [5.41, 5.74) is 1.33. The number of para-hydroxylation sites is 2. The first-order valence-corrected chi connectivity index (χ1v) is 9.49. The summed E-state index contributed by atoms with van der Waals surface area (Å²) in [4.78, 5) is 57.5. The van der Waals surface area contributed by atoms with Crippen molar-refractivity contribution in [3.63, 3.8) is 0 Å². The third-order valence-electron chi connectivity index (χ3n) is 5.28. The lowest BCUT2D eigenvalue weighted by Crippen LogP contribution is -2.61. The normalized spacial score (nSPS) is 21.2. The first-order chi connectivity index (χ1) is 14.4. The number of imide groups is 1. The monoisotopic (exact) mass is 412 g/mol. The Bertz CT molecular complexity index is 1000. The molecule has 1 aromatic carbocycles. The van der Waals surface area contributed by atoms with Crippen LogP contribution < -0.4 is 15.5 Å². The van der Waals surface area contributed by atoms with Crippen molar-refractivity contribution in [3.05, 3.63) is 24.3 Å². The number of nitrogens with one attached hydrogen (secondary N) is 2. The molecule has 3 heterocycles. The van der Waals surface area contributed by atoms with Crippen molar-refractivity contribution in [2.45, 2.75) is 6.04 Å². The van der Waals surface area contributed by atoms with Gasteiger partial charge in [-0.15, -0.1) is 0 Å². The van der Waals surface area contributed by atoms with Crippen molar-refractivity contribution in [2.75, 3.05) is 50.5 Å². The van der Waals surface area contributed by atoms with Crippen LogP contribution in [0.5, 0.6) is 0 Å². The zero-order chi connectivity index (χ0) is 21.4. The molecule has 30 heavy (non-hydrogen) atoms. The van der Waals surface area contributed by atoms with Crippen LogP contribution in [0.1, 0.15) is 0 Å². The summed E-state index contributed by atoms with van der Waals surface area (Å²) in [7, 11) is 2.94. The number of amidine groups is 1. The number of anilines is 2. The van der Waals surface area contributed by atoms with Crippen LogP contribution in [0.4, 0.5) is 16.2 Å². The molecule has 0 spiro atoms. The minimum absolute atomic E-state index is 0.0719. The molecule has 1 atom stereocenters. The van der Waals surface area contributed by atoms with Crippen LogP contribution in [0.2, 0.25) is 0 Å². The number of amides is 5. The van der Waals surface area contributed by atoms with E-state index < -0.39 is 18.0 Å². The largest absolute Gasteiger partial charge is 0.359 e. The highest BCUT2D eigenvalue weighted by molar-refractivity contribution is 6.21. The molecule has 1 unspecified atom stereocenters. The molecule has 2 saturated heterocycles. The topological polar surface area (TPSA) is 117 Å². The van der Waals surface area contributed by atoms with E-state index in [0.29, 0.717) is 24.6 Å². The molecular weight excluding hydrogens is 390 g/mol. The molecule has 2 N–H and O–H groups in total. The number of carbonyl (C=O) groups is 4. The lowest BCUT2D eigenvalue weighted by atomic mass is 10.1. The molecule has 0 aliphatic carbocycles. The van der Waals surface area contributed by atoms with Crippen molar-refractivity contribution in [3.8, 4) is 0 Å². The molecule has 0 aromatic heterocycles. The maximum Gasteiger partial charge on any atom is 0.333 e. The van der Waals surface area contributed by atoms with Gasteiger partial charge in [0, 0.05) is 27.2 Å². The van der Waals surface area contributed by atoms with Crippen molar-refractivity contribution in [1.29, 1.82) is 0 Å². The molecule has 11 heteroatoms. The number of likely N-dealkylation sites (N-methyl/N-ethyl adjacent to an activating group) is 2. The van der Waals surface area contributed by atoms with Gasteiger partial charge in [-0.2, -0.15) is 0 Å². The van der Waals surface area contributed by atoms with Crippen LogP contribution in [0, 0.1) is 0 Å². The quantitative estimate of drug-likeness (QED) is 0.610. The van der Waals surface area contributed by atoms with Crippen LogP contribution in [0.3, 0.4) is 0 Å². The van der Waals surface area contributed by atoms with Crippen molar-refractivity contribution in [2.24, 2.45) is 4.99 Å².